The zero-order chi connectivity index (χ0) is 47.1. The number of hydrogen-bond acceptors (Lipinski definition) is 2. The first kappa shape index (κ1) is 59.9. The summed E-state index contributed by atoms with van der Waals surface area (Å²) in [4.78, 5) is 21.8. The topological polar surface area (TPSA) is 54.4 Å². The molecule has 0 amide bonds. The van der Waals surface area contributed by atoms with Crippen LogP contribution in [-0.2, 0) is 24.1 Å². The molecule has 0 radical (unpaired) electrons. The molecule has 0 spiro atoms. The Hall–Kier alpha value is -1.45. The Morgan fingerprint density at radius 1 is 0.552 bits per heavy atom. The van der Waals surface area contributed by atoms with E-state index in [0.29, 0.717) is 11.7 Å². The predicted molar refractivity (Wildman–Crippen MR) is 288 cm³/mol. The van der Waals surface area contributed by atoms with Gasteiger partial charge in [-0.3, -0.25) is 4.79 Å². The van der Waals surface area contributed by atoms with E-state index in [1.807, 2.05) is 6.07 Å². The summed E-state index contributed by atoms with van der Waals surface area (Å²) in [5.74, 6) is 6.64. The highest BCUT2D eigenvalue weighted by Gasteiger charge is 2.40. The number of rotatable bonds is 11. The van der Waals surface area contributed by atoms with Gasteiger partial charge in [-0.15, -0.1) is 0 Å². The number of benzene rings is 2. The standard InChI is InChI=1S/C24H33BrO.C24H35Br.C6H16Si.C2HF3O2.2CH4/c1-2-3-16-4-6-17(7-5-16)18-8-10-19(11-9-18)22-14-20-12-13-21(25)15-23(20)24(22)26;1-2-3-17-4-6-18(7-5-17)19-8-10-20(11-9-19)22-14-21-12-13-24(25)16-23(21)15-22;1-4-7(5-2)6-3;3-2(4,5)1(6)7;;/h12-13,15-19,22H,2-11,14H2,1H3;12-13,16-20,22H,2-11,14-15H2,1H3;7H,4-6H2,1-3H3;(H,6,7);2*1H4. The Kier molecular flexibility index (Phi) is 26.6. The maximum Gasteiger partial charge on any atom is 0.490 e. The van der Waals surface area contributed by atoms with Crippen molar-refractivity contribution < 1.29 is 27.9 Å². The van der Waals surface area contributed by atoms with Crippen LogP contribution in [0.1, 0.15) is 205 Å². The van der Waals surface area contributed by atoms with Gasteiger partial charge in [-0.1, -0.05) is 163 Å². The number of Topliss-reactive ketones (excluding diaryl/α,β-unsaturated/α-hetero) is 1. The van der Waals surface area contributed by atoms with Crippen molar-refractivity contribution >= 4 is 52.4 Å². The number of carbonyl (C=O) groups is 2. The van der Waals surface area contributed by atoms with Crippen molar-refractivity contribution in [3.8, 4) is 0 Å². The molecule has 9 heteroatoms. The molecule has 0 heterocycles. The van der Waals surface area contributed by atoms with Crippen LogP contribution in [-0.4, -0.2) is 31.8 Å². The van der Waals surface area contributed by atoms with E-state index < -0.39 is 12.1 Å². The first-order valence-corrected chi connectivity index (χ1v) is 30.6. The van der Waals surface area contributed by atoms with Gasteiger partial charge in [-0.2, -0.15) is 13.2 Å². The minimum Gasteiger partial charge on any atom is -0.475 e. The molecule has 0 aliphatic heterocycles. The van der Waals surface area contributed by atoms with Gasteiger partial charge in [0, 0.05) is 29.2 Å². The highest BCUT2D eigenvalue weighted by Crippen LogP contribution is 2.48. The molecule has 3 nitrogen and oxygen atoms in total. The van der Waals surface area contributed by atoms with Crippen LogP contribution in [0, 0.1) is 59.2 Å². The van der Waals surface area contributed by atoms with Gasteiger partial charge in [0.05, 0.1) is 0 Å². The lowest BCUT2D eigenvalue weighted by molar-refractivity contribution is -0.192. The molecule has 0 saturated heterocycles. The monoisotopic (exact) mass is 1080 g/mol. The third kappa shape index (κ3) is 18.0. The highest BCUT2D eigenvalue weighted by molar-refractivity contribution is 9.10. The molecule has 2 aromatic carbocycles. The van der Waals surface area contributed by atoms with E-state index in [1.54, 1.807) is 24.0 Å². The summed E-state index contributed by atoms with van der Waals surface area (Å²) in [6.07, 6.45) is 27.7. The minimum absolute atomic E-state index is 0. The number of hydrogen-bond donors (Lipinski definition) is 1. The van der Waals surface area contributed by atoms with Crippen LogP contribution in [0.15, 0.2) is 45.3 Å². The zero-order valence-corrected chi connectivity index (χ0v) is 45.2. The number of aliphatic carboxylic acids is 1. The van der Waals surface area contributed by atoms with E-state index in [4.69, 9.17) is 9.90 Å². The maximum atomic E-state index is 12.9. The van der Waals surface area contributed by atoms with Crippen molar-refractivity contribution in [2.45, 2.75) is 221 Å². The number of fused-ring (bicyclic) bond motifs is 2. The Bertz CT molecular complexity index is 1730. The third-order valence-corrected chi connectivity index (χ3v) is 22.1. The summed E-state index contributed by atoms with van der Waals surface area (Å²) in [7, 11) is -0.171. The number of halogens is 5. The summed E-state index contributed by atoms with van der Waals surface area (Å²) in [5.41, 5.74) is 5.51. The van der Waals surface area contributed by atoms with Gasteiger partial charge in [0.1, 0.15) is 0 Å². The first-order chi connectivity index (χ1) is 31.2. The Morgan fingerprint density at radius 2 is 0.910 bits per heavy atom. The molecular formula is C58H93Br2F3O3Si. The van der Waals surface area contributed by atoms with E-state index in [2.05, 4.69) is 96.8 Å². The summed E-state index contributed by atoms with van der Waals surface area (Å²) in [5, 5.41) is 7.12. The number of carbonyl (C=O) groups excluding carboxylic acids is 1. The molecule has 6 aliphatic carbocycles. The molecule has 8 rings (SSSR count). The lowest BCUT2D eigenvalue weighted by Gasteiger charge is -2.39. The van der Waals surface area contributed by atoms with E-state index in [0.717, 1.165) is 63.8 Å². The lowest BCUT2D eigenvalue weighted by atomic mass is 9.66. The van der Waals surface area contributed by atoms with Crippen molar-refractivity contribution in [1.82, 2.24) is 0 Å². The van der Waals surface area contributed by atoms with Gasteiger partial charge in [-0.05, 0) is 191 Å². The molecule has 0 bridgehead atoms. The van der Waals surface area contributed by atoms with E-state index in [-0.39, 0.29) is 29.6 Å². The molecule has 2 atom stereocenters. The number of ketones is 1. The van der Waals surface area contributed by atoms with E-state index >= 15 is 0 Å². The average molecular weight is 1080 g/mol. The second-order valence-corrected chi connectivity index (χ2v) is 27.5. The summed E-state index contributed by atoms with van der Waals surface area (Å²) < 4.78 is 34.0. The van der Waals surface area contributed by atoms with Gasteiger partial charge in [0.15, 0.2) is 5.78 Å². The molecule has 67 heavy (non-hydrogen) atoms. The lowest BCUT2D eigenvalue weighted by Crippen LogP contribution is -2.30. The number of carboxylic acids is 1. The number of carboxylic acid groups (broad SMARTS) is 1. The quantitative estimate of drug-likeness (QED) is 0.228. The SMILES string of the molecule is C.C.CCCC1CCC(C2CCC(C3Cc4ccc(Br)cc4C3)CC2)CC1.CCCC1CCC(C2CCC(C3Cc4ccc(Br)cc4C3=O)CC2)CC1.CC[SiH](CC)CC.O=C(O)C(F)(F)F. The van der Waals surface area contributed by atoms with Gasteiger partial charge >= 0.3 is 12.1 Å². The largest absolute Gasteiger partial charge is 0.490 e. The minimum atomic E-state index is -5.08. The smallest absolute Gasteiger partial charge is 0.475 e. The molecule has 2 unspecified atom stereocenters. The highest BCUT2D eigenvalue weighted by atomic mass is 79.9. The van der Waals surface area contributed by atoms with Crippen molar-refractivity contribution in [2.75, 3.05) is 0 Å². The van der Waals surface area contributed by atoms with Gasteiger partial charge < -0.3 is 5.11 Å². The molecule has 4 fully saturated rings. The molecule has 6 aliphatic rings. The fourth-order valence-corrected chi connectivity index (χ4v) is 16.0. The summed E-state index contributed by atoms with van der Waals surface area (Å²) >= 11 is 7.17. The van der Waals surface area contributed by atoms with Crippen molar-refractivity contribution in [3.05, 3.63) is 67.6 Å². The van der Waals surface area contributed by atoms with Crippen LogP contribution in [0.5, 0.6) is 0 Å². The van der Waals surface area contributed by atoms with Crippen LogP contribution < -0.4 is 0 Å². The van der Waals surface area contributed by atoms with Crippen LogP contribution in [0.25, 0.3) is 0 Å². The second kappa shape index (κ2) is 29.8. The molecule has 1 N–H and O–H groups in total. The van der Waals surface area contributed by atoms with Gasteiger partial charge in [0.25, 0.3) is 0 Å². The molecule has 0 aromatic heterocycles. The molecular weight excluding hydrogens is 990 g/mol. The van der Waals surface area contributed by atoms with Gasteiger partial charge in [0.2, 0.25) is 0 Å². The summed E-state index contributed by atoms with van der Waals surface area (Å²) in [6.45, 7) is 11.7. The molecule has 4 saturated carbocycles. The second-order valence-electron chi connectivity index (χ2n) is 21.4. The molecule has 382 valence electrons. The third-order valence-electron chi connectivity index (χ3n) is 17.6. The van der Waals surface area contributed by atoms with E-state index in [1.165, 1.54) is 157 Å². The fourth-order valence-electron chi connectivity index (χ4n) is 13.5. The first-order valence-electron chi connectivity index (χ1n) is 26.6. The Balaban J connectivity index is 0.000000272. The van der Waals surface area contributed by atoms with Crippen LogP contribution >= 0.6 is 31.9 Å². The van der Waals surface area contributed by atoms with Crippen molar-refractivity contribution in [2.24, 2.45) is 59.2 Å². The van der Waals surface area contributed by atoms with Crippen LogP contribution in [0.2, 0.25) is 18.1 Å². The fraction of sp³-hybridized carbons (Fsp3) is 0.759. The predicted octanol–water partition coefficient (Wildman–Crippen LogP) is 19.0. The van der Waals surface area contributed by atoms with Gasteiger partial charge in [-0.25, -0.2) is 4.79 Å². The maximum absolute atomic E-state index is 12.9. The average Bonchev–Trinajstić information content (AvgIpc) is 3.88. The van der Waals surface area contributed by atoms with Crippen LogP contribution in [0.4, 0.5) is 13.2 Å². The molecule has 2 aromatic rings. The summed E-state index contributed by atoms with van der Waals surface area (Å²) in [6, 6.07) is 17.7. The van der Waals surface area contributed by atoms with Crippen molar-refractivity contribution in [3.63, 3.8) is 0 Å². The Labute approximate surface area is 426 Å². The Morgan fingerprint density at radius 3 is 1.30 bits per heavy atom. The van der Waals surface area contributed by atoms with E-state index in [9.17, 15) is 18.0 Å². The van der Waals surface area contributed by atoms with Crippen molar-refractivity contribution in [1.29, 1.82) is 0 Å². The zero-order valence-electron chi connectivity index (χ0n) is 40.9. The number of alkyl halides is 3. The van der Waals surface area contributed by atoms with Crippen LogP contribution in [0.3, 0.4) is 0 Å². The normalized spacial score (nSPS) is 29.0.